The number of carbonyl (C=O) groups is 2. The molecule has 0 aliphatic heterocycles. The number of rotatable bonds is 7. The second-order valence-corrected chi connectivity index (χ2v) is 5.92. The van der Waals surface area contributed by atoms with Gasteiger partial charge in [0.2, 0.25) is 5.91 Å². The molecular weight excluding hydrogens is 302 g/mol. The minimum atomic E-state index is -0.573. The van der Waals surface area contributed by atoms with Crippen molar-refractivity contribution in [2.24, 2.45) is 5.73 Å². The van der Waals surface area contributed by atoms with E-state index in [2.05, 4.69) is 11.8 Å². The molecule has 0 bridgehead atoms. The minimum absolute atomic E-state index is 0.101. The predicted octanol–water partition coefficient (Wildman–Crippen LogP) is 1.96. The van der Waals surface area contributed by atoms with Gasteiger partial charge in [0.15, 0.2) is 0 Å². The first-order valence-corrected chi connectivity index (χ1v) is 8.28. The highest BCUT2D eigenvalue weighted by atomic mass is 16.2. The van der Waals surface area contributed by atoms with Gasteiger partial charge in [-0.1, -0.05) is 31.8 Å². The molecule has 0 aliphatic carbocycles. The Kier molecular flexibility index (Phi) is 8.00. The SMILES string of the molecule is CCCN(CCC)C(=O)c1cccc(C(N)=O)c1C#CCN(C)C. The molecule has 5 heteroatoms. The van der Waals surface area contributed by atoms with Gasteiger partial charge >= 0.3 is 0 Å². The van der Waals surface area contributed by atoms with Gasteiger partial charge in [0.05, 0.1) is 23.2 Å². The molecule has 1 aromatic carbocycles. The molecule has 5 nitrogen and oxygen atoms in total. The largest absolute Gasteiger partial charge is 0.366 e. The number of carbonyl (C=O) groups excluding carboxylic acids is 2. The molecule has 0 atom stereocenters. The van der Waals surface area contributed by atoms with Gasteiger partial charge in [-0.15, -0.1) is 0 Å². The highest BCUT2D eigenvalue weighted by Gasteiger charge is 2.20. The summed E-state index contributed by atoms with van der Waals surface area (Å²) in [6.45, 7) is 5.96. The second kappa shape index (κ2) is 9.74. The summed E-state index contributed by atoms with van der Waals surface area (Å²) in [4.78, 5) is 28.4. The Morgan fingerprint density at radius 3 is 2.17 bits per heavy atom. The molecule has 1 rings (SSSR count). The summed E-state index contributed by atoms with van der Waals surface area (Å²) in [6.07, 6.45) is 1.76. The third-order valence-corrected chi connectivity index (χ3v) is 3.44. The first kappa shape index (κ1) is 19.7. The zero-order valence-corrected chi connectivity index (χ0v) is 15.1. The fourth-order valence-corrected chi connectivity index (χ4v) is 2.38. The van der Waals surface area contributed by atoms with Crippen LogP contribution in [-0.4, -0.2) is 55.3 Å². The molecule has 2 amide bonds. The maximum absolute atomic E-state index is 12.9. The molecule has 0 fully saturated rings. The van der Waals surface area contributed by atoms with E-state index in [0.29, 0.717) is 36.3 Å². The molecule has 0 aliphatic rings. The topological polar surface area (TPSA) is 66.6 Å². The van der Waals surface area contributed by atoms with Gasteiger partial charge in [0, 0.05) is 13.1 Å². The van der Waals surface area contributed by atoms with Crippen LogP contribution in [0.2, 0.25) is 0 Å². The molecule has 0 unspecified atom stereocenters. The maximum Gasteiger partial charge on any atom is 0.255 e. The average Bonchev–Trinajstić information content (AvgIpc) is 2.53. The van der Waals surface area contributed by atoms with Crippen molar-refractivity contribution >= 4 is 11.8 Å². The number of primary amides is 1. The summed E-state index contributed by atoms with van der Waals surface area (Å²) in [5, 5.41) is 0. The first-order valence-electron chi connectivity index (χ1n) is 8.28. The zero-order valence-electron chi connectivity index (χ0n) is 15.1. The van der Waals surface area contributed by atoms with Crippen LogP contribution >= 0.6 is 0 Å². The lowest BCUT2D eigenvalue weighted by molar-refractivity contribution is 0.0755. The Morgan fingerprint density at radius 1 is 1.08 bits per heavy atom. The standard InChI is InChI=1S/C19H27N3O2/c1-5-12-22(13-6-2)19(24)17-10-7-9-16(18(20)23)15(17)11-8-14-21(3)4/h7,9-10H,5-6,12-14H2,1-4H3,(H2,20,23). The van der Waals surface area contributed by atoms with Crippen LogP contribution in [0.4, 0.5) is 0 Å². The van der Waals surface area contributed by atoms with Crippen LogP contribution in [0, 0.1) is 11.8 Å². The molecule has 0 saturated heterocycles. The highest BCUT2D eigenvalue weighted by Crippen LogP contribution is 2.17. The quantitative estimate of drug-likeness (QED) is 0.778. The number of hydrogen-bond donors (Lipinski definition) is 1. The normalized spacial score (nSPS) is 10.2. The van der Waals surface area contributed by atoms with Gasteiger partial charge in [-0.2, -0.15) is 0 Å². The molecule has 130 valence electrons. The van der Waals surface area contributed by atoms with Crippen LogP contribution < -0.4 is 5.73 Å². The van der Waals surface area contributed by atoms with Crippen LogP contribution in [0.25, 0.3) is 0 Å². The van der Waals surface area contributed by atoms with E-state index in [9.17, 15) is 9.59 Å². The summed E-state index contributed by atoms with van der Waals surface area (Å²) in [5.41, 5.74) is 6.63. The lowest BCUT2D eigenvalue weighted by atomic mass is 9.99. The molecule has 2 N–H and O–H groups in total. The summed E-state index contributed by atoms with van der Waals surface area (Å²) < 4.78 is 0. The molecule has 1 aromatic rings. The minimum Gasteiger partial charge on any atom is -0.366 e. The van der Waals surface area contributed by atoms with Gasteiger partial charge in [0.25, 0.3) is 5.91 Å². The fourth-order valence-electron chi connectivity index (χ4n) is 2.38. The molecule has 0 heterocycles. The van der Waals surface area contributed by atoms with E-state index in [1.54, 1.807) is 23.1 Å². The van der Waals surface area contributed by atoms with Crippen LogP contribution in [-0.2, 0) is 0 Å². The van der Waals surface area contributed by atoms with Crippen molar-refractivity contribution in [3.63, 3.8) is 0 Å². The van der Waals surface area contributed by atoms with Crippen molar-refractivity contribution in [2.45, 2.75) is 26.7 Å². The Balaban J connectivity index is 3.34. The van der Waals surface area contributed by atoms with E-state index in [0.717, 1.165) is 12.8 Å². The smallest absolute Gasteiger partial charge is 0.255 e. The Hall–Kier alpha value is -2.32. The molecule has 0 aromatic heterocycles. The maximum atomic E-state index is 12.9. The lowest BCUT2D eigenvalue weighted by Gasteiger charge is -2.22. The fraction of sp³-hybridized carbons (Fsp3) is 0.474. The van der Waals surface area contributed by atoms with Crippen LogP contribution in [0.15, 0.2) is 18.2 Å². The van der Waals surface area contributed by atoms with Crippen LogP contribution in [0.1, 0.15) is 53.0 Å². The Morgan fingerprint density at radius 2 is 1.67 bits per heavy atom. The van der Waals surface area contributed by atoms with Crippen molar-refractivity contribution in [3.8, 4) is 11.8 Å². The second-order valence-electron chi connectivity index (χ2n) is 5.92. The van der Waals surface area contributed by atoms with Crippen molar-refractivity contribution in [1.29, 1.82) is 0 Å². The van der Waals surface area contributed by atoms with Crippen molar-refractivity contribution < 1.29 is 9.59 Å². The van der Waals surface area contributed by atoms with E-state index in [1.807, 2.05) is 32.8 Å². The Labute approximate surface area is 144 Å². The summed E-state index contributed by atoms with van der Waals surface area (Å²) >= 11 is 0. The Bertz CT molecular complexity index is 636. The van der Waals surface area contributed by atoms with Crippen LogP contribution in [0.3, 0.4) is 0 Å². The van der Waals surface area contributed by atoms with Gasteiger partial charge < -0.3 is 10.6 Å². The van der Waals surface area contributed by atoms with Crippen molar-refractivity contribution in [3.05, 3.63) is 34.9 Å². The third kappa shape index (κ3) is 5.39. The number of amides is 2. The van der Waals surface area contributed by atoms with Crippen LogP contribution in [0.5, 0.6) is 0 Å². The van der Waals surface area contributed by atoms with Gasteiger partial charge in [0.1, 0.15) is 0 Å². The van der Waals surface area contributed by atoms with E-state index < -0.39 is 5.91 Å². The molecule has 0 spiro atoms. The monoisotopic (exact) mass is 329 g/mol. The van der Waals surface area contributed by atoms with E-state index in [-0.39, 0.29) is 5.91 Å². The molecule has 24 heavy (non-hydrogen) atoms. The van der Waals surface area contributed by atoms with Gasteiger partial charge in [-0.05, 0) is 39.1 Å². The average molecular weight is 329 g/mol. The summed E-state index contributed by atoms with van der Waals surface area (Å²) in [5.74, 6) is 5.29. The number of nitrogens with two attached hydrogens (primary N) is 1. The first-order chi connectivity index (χ1) is 11.4. The third-order valence-electron chi connectivity index (χ3n) is 3.44. The number of nitrogens with zero attached hydrogens (tertiary/aromatic N) is 2. The van der Waals surface area contributed by atoms with Crippen molar-refractivity contribution in [2.75, 3.05) is 33.7 Å². The summed E-state index contributed by atoms with van der Waals surface area (Å²) in [7, 11) is 3.82. The van der Waals surface area contributed by atoms with Gasteiger partial charge in [-0.25, -0.2) is 0 Å². The highest BCUT2D eigenvalue weighted by molar-refractivity contribution is 6.03. The molecule has 0 saturated carbocycles. The lowest BCUT2D eigenvalue weighted by Crippen LogP contribution is -2.33. The van der Waals surface area contributed by atoms with Gasteiger partial charge in [-0.3, -0.25) is 14.5 Å². The molecule has 0 radical (unpaired) electrons. The predicted molar refractivity (Wildman–Crippen MR) is 96.9 cm³/mol. The van der Waals surface area contributed by atoms with E-state index >= 15 is 0 Å². The van der Waals surface area contributed by atoms with E-state index in [4.69, 9.17) is 5.73 Å². The summed E-state index contributed by atoms with van der Waals surface area (Å²) in [6, 6.07) is 5.01. The number of benzene rings is 1. The molecular formula is C19H27N3O2. The van der Waals surface area contributed by atoms with E-state index in [1.165, 1.54) is 0 Å². The zero-order chi connectivity index (χ0) is 18.1. The number of hydrogen-bond acceptors (Lipinski definition) is 3. The van der Waals surface area contributed by atoms with Crippen molar-refractivity contribution in [1.82, 2.24) is 9.80 Å².